The van der Waals surface area contributed by atoms with Gasteiger partial charge in [-0.05, 0) is 42.0 Å². The highest BCUT2D eigenvalue weighted by Crippen LogP contribution is 2.66. The van der Waals surface area contributed by atoms with Gasteiger partial charge in [0.2, 0.25) is 11.8 Å². The minimum absolute atomic E-state index is 0.0120. The van der Waals surface area contributed by atoms with Crippen LogP contribution in [-0.4, -0.2) is 36.0 Å². The van der Waals surface area contributed by atoms with E-state index in [9.17, 15) is 9.59 Å². The molecule has 5 aliphatic rings. The number of rotatable bonds is 2. The molecule has 2 amide bonds. The summed E-state index contributed by atoms with van der Waals surface area (Å²) >= 11 is 0. The summed E-state index contributed by atoms with van der Waals surface area (Å²) in [6.07, 6.45) is 1.91. The molecular weight excluding hydrogens is 350 g/mol. The van der Waals surface area contributed by atoms with Gasteiger partial charge < -0.3 is 4.74 Å². The monoisotopic (exact) mass is 373 g/mol. The van der Waals surface area contributed by atoms with Crippen LogP contribution in [0.25, 0.3) is 0 Å². The molecule has 4 heteroatoms. The second kappa shape index (κ2) is 5.54. The molecule has 3 aliphatic carbocycles. The van der Waals surface area contributed by atoms with Crippen molar-refractivity contribution in [3.63, 3.8) is 0 Å². The van der Waals surface area contributed by atoms with Crippen molar-refractivity contribution in [1.82, 2.24) is 4.90 Å². The van der Waals surface area contributed by atoms with Crippen molar-refractivity contribution in [2.24, 2.45) is 11.3 Å². The van der Waals surface area contributed by atoms with Gasteiger partial charge in [-0.15, -0.1) is 0 Å². The van der Waals surface area contributed by atoms with E-state index in [4.69, 9.17) is 4.74 Å². The highest BCUT2D eigenvalue weighted by Gasteiger charge is 2.68. The van der Waals surface area contributed by atoms with Crippen LogP contribution in [0.2, 0.25) is 0 Å². The van der Waals surface area contributed by atoms with E-state index < -0.39 is 5.41 Å². The molecule has 2 fully saturated rings. The highest BCUT2D eigenvalue weighted by atomic mass is 16.5. The lowest BCUT2D eigenvalue weighted by molar-refractivity contribution is -0.143. The largest absolute Gasteiger partial charge is 0.376 e. The minimum atomic E-state index is -0.719. The first kappa shape index (κ1) is 16.5. The summed E-state index contributed by atoms with van der Waals surface area (Å²) in [6.45, 7) is 3.15. The van der Waals surface area contributed by atoms with Gasteiger partial charge in [-0.2, -0.15) is 0 Å². The first-order valence-corrected chi connectivity index (χ1v) is 10.3. The summed E-state index contributed by atoms with van der Waals surface area (Å²) in [4.78, 5) is 28.8. The van der Waals surface area contributed by atoms with Gasteiger partial charge in [0.25, 0.3) is 0 Å². The topological polar surface area (TPSA) is 46.6 Å². The average Bonchev–Trinajstić information content (AvgIpc) is 3.30. The number of carbonyl (C=O) groups is 2. The van der Waals surface area contributed by atoms with Gasteiger partial charge in [0.05, 0.1) is 24.0 Å². The summed E-state index contributed by atoms with van der Waals surface area (Å²) < 4.78 is 5.74. The summed E-state index contributed by atoms with van der Waals surface area (Å²) in [7, 11) is 0. The molecule has 2 aromatic carbocycles. The summed E-state index contributed by atoms with van der Waals surface area (Å²) in [5, 5.41) is 0. The molecule has 0 spiro atoms. The Kier molecular flexibility index (Phi) is 3.26. The standard InChI is InChI=1S/C24H23NO3/c1-24-20-17-10-4-2-8-15(17)19(16-9-3-5-11-18(16)20)21(24)22(26)25(23(24)27)13-14-7-6-12-28-14/h2-5,8-11,14,19-21H,6-7,12-13H2,1H3/t14-,19?,20?,21-,24+/m0/s1. The predicted molar refractivity (Wildman–Crippen MR) is 104 cm³/mol. The zero-order valence-corrected chi connectivity index (χ0v) is 15.9. The average molecular weight is 373 g/mol. The van der Waals surface area contributed by atoms with Gasteiger partial charge in [-0.1, -0.05) is 48.5 Å². The Labute approximate surface area is 164 Å². The Morgan fingerprint density at radius 1 is 1.00 bits per heavy atom. The molecule has 3 atom stereocenters. The molecule has 2 heterocycles. The quantitative estimate of drug-likeness (QED) is 0.758. The van der Waals surface area contributed by atoms with Gasteiger partial charge in [-0.3, -0.25) is 14.5 Å². The molecule has 2 aliphatic heterocycles. The van der Waals surface area contributed by atoms with Crippen LogP contribution in [0.5, 0.6) is 0 Å². The Morgan fingerprint density at radius 3 is 2.18 bits per heavy atom. The predicted octanol–water partition coefficient (Wildman–Crippen LogP) is 3.45. The maximum absolute atomic E-state index is 13.7. The molecule has 0 radical (unpaired) electrons. The fraction of sp³-hybridized carbons (Fsp3) is 0.417. The Hall–Kier alpha value is -2.46. The number of carbonyl (C=O) groups excluding carboxylic acids is 2. The van der Waals surface area contributed by atoms with Crippen molar-refractivity contribution in [3.8, 4) is 0 Å². The number of hydrogen-bond donors (Lipinski definition) is 0. The minimum Gasteiger partial charge on any atom is -0.376 e. The normalized spacial score (nSPS) is 35.1. The maximum Gasteiger partial charge on any atom is 0.237 e. The van der Waals surface area contributed by atoms with Crippen molar-refractivity contribution in [2.75, 3.05) is 13.2 Å². The highest BCUT2D eigenvalue weighted by molar-refractivity contribution is 6.10. The van der Waals surface area contributed by atoms with E-state index in [1.165, 1.54) is 27.2 Å². The summed E-state index contributed by atoms with van der Waals surface area (Å²) in [5.74, 6) is -0.468. The fourth-order valence-electron chi connectivity index (χ4n) is 6.36. The summed E-state index contributed by atoms with van der Waals surface area (Å²) in [5.41, 5.74) is 4.14. The Balaban J connectivity index is 1.53. The second-order valence-corrected chi connectivity index (χ2v) is 8.82. The molecule has 28 heavy (non-hydrogen) atoms. The van der Waals surface area contributed by atoms with Crippen LogP contribution in [0.3, 0.4) is 0 Å². The van der Waals surface area contributed by atoms with Crippen LogP contribution in [0.4, 0.5) is 0 Å². The lowest BCUT2D eigenvalue weighted by Gasteiger charge is -2.51. The molecule has 7 rings (SSSR count). The van der Waals surface area contributed by atoms with E-state index in [1.807, 2.05) is 31.2 Å². The zero-order chi connectivity index (χ0) is 19.0. The second-order valence-electron chi connectivity index (χ2n) is 8.82. The third kappa shape index (κ3) is 1.84. The van der Waals surface area contributed by atoms with Crippen LogP contribution in [0, 0.1) is 11.3 Å². The van der Waals surface area contributed by atoms with Crippen LogP contribution < -0.4 is 0 Å². The number of amides is 2. The van der Waals surface area contributed by atoms with Crippen LogP contribution in [0.15, 0.2) is 48.5 Å². The van der Waals surface area contributed by atoms with Gasteiger partial charge in [0.1, 0.15) is 0 Å². The van der Waals surface area contributed by atoms with Crippen molar-refractivity contribution < 1.29 is 14.3 Å². The van der Waals surface area contributed by atoms with Crippen molar-refractivity contribution >= 4 is 11.8 Å². The van der Waals surface area contributed by atoms with E-state index in [-0.39, 0.29) is 35.7 Å². The zero-order valence-electron chi connectivity index (χ0n) is 15.9. The molecule has 2 bridgehead atoms. The molecule has 0 aromatic heterocycles. The molecule has 4 nitrogen and oxygen atoms in total. The molecule has 0 N–H and O–H groups in total. The number of nitrogens with zero attached hydrogens (tertiary/aromatic N) is 1. The van der Waals surface area contributed by atoms with Gasteiger partial charge in [0.15, 0.2) is 0 Å². The van der Waals surface area contributed by atoms with Crippen molar-refractivity contribution in [1.29, 1.82) is 0 Å². The molecule has 142 valence electrons. The van der Waals surface area contributed by atoms with E-state index >= 15 is 0 Å². The Bertz CT molecular complexity index is 961. The molecule has 0 saturated carbocycles. The molecule has 2 saturated heterocycles. The smallest absolute Gasteiger partial charge is 0.237 e. The van der Waals surface area contributed by atoms with Crippen LogP contribution in [0.1, 0.15) is 53.9 Å². The van der Waals surface area contributed by atoms with Gasteiger partial charge in [0, 0.05) is 18.4 Å². The first-order chi connectivity index (χ1) is 13.6. The number of hydrogen-bond acceptors (Lipinski definition) is 3. The lowest BCUT2D eigenvalue weighted by Crippen LogP contribution is -2.49. The lowest BCUT2D eigenvalue weighted by atomic mass is 9.48. The van der Waals surface area contributed by atoms with E-state index in [0.29, 0.717) is 6.54 Å². The molecular formula is C24H23NO3. The van der Waals surface area contributed by atoms with Gasteiger partial charge in [-0.25, -0.2) is 0 Å². The van der Waals surface area contributed by atoms with E-state index in [1.54, 1.807) is 0 Å². The van der Waals surface area contributed by atoms with Crippen LogP contribution in [-0.2, 0) is 14.3 Å². The maximum atomic E-state index is 13.7. The van der Waals surface area contributed by atoms with Crippen molar-refractivity contribution in [3.05, 3.63) is 70.8 Å². The van der Waals surface area contributed by atoms with Crippen LogP contribution >= 0.6 is 0 Å². The third-order valence-corrected chi connectivity index (χ3v) is 7.51. The number of benzene rings is 2. The number of likely N-dealkylation sites (tertiary alicyclic amines) is 1. The SMILES string of the molecule is C[C@]12C(=O)N(C[C@@H]3CCCO3)C(=O)[C@@H]1C1c3ccccc3C2c2ccccc21. The van der Waals surface area contributed by atoms with E-state index in [2.05, 4.69) is 24.3 Å². The molecule has 0 unspecified atom stereocenters. The van der Waals surface area contributed by atoms with Crippen molar-refractivity contribution in [2.45, 2.75) is 37.7 Å². The number of imide groups is 1. The summed E-state index contributed by atoms with van der Waals surface area (Å²) in [6, 6.07) is 16.8. The number of ether oxygens (including phenoxy) is 1. The fourth-order valence-corrected chi connectivity index (χ4v) is 6.36. The van der Waals surface area contributed by atoms with E-state index in [0.717, 1.165) is 19.4 Å². The third-order valence-electron chi connectivity index (χ3n) is 7.51. The Morgan fingerprint density at radius 2 is 1.61 bits per heavy atom. The first-order valence-electron chi connectivity index (χ1n) is 10.3. The van der Waals surface area contributed by atoms with Gasteiger partial charge >= 0.3 is 0 Å². The molecule has 2 aromatic rings.